The maximum atomic E-state index is 10.5. The van der Waals surface area contributed by atoms with Crippen molar-refractivity contribution in [3.63, 3.8) is 0 Å². The van der Waals surface area contributed by atoms with E-state index in [2.05, 4.69) is 52.3 Å². The Kier molecular flexibility index (Phi) is 8.31. The van der Waals surface area contributed by atoms with E-state index in [1.54, 1.807) is 12.2 Å². The van der Waals surface area contributed by atoms with Crippen molar-refractivity contribution < 1.29 is 14.0 Å². The third kappa shape index (κ3) is 9.27. The van der Waals surface area contributed by atoms with Crippen molar-refractivity contribution in [3.05, 3.63) is 24.3 Å². The number of esters is 1. The summed E-state index contributed by atoms with van der Waals surface area (Å²) in [4.78, 5) is 10.5. The molecule has 0 amide bonds. The van der Waals surface area contributed by atoms with Gasteiger partial charge in [-0.05, 0) is 35.9 Å². The first kappa shape index (κ1) is 19.7. The van der Waals surface area contributed by atoms with Crippen LogP contribution in [0.15, 0.2) is 24.3 Å². The Bertz CT molecular complexity index is 445. The standard InChI is InChI=1S/C17H28O3Si/c1-15(11-9-8-10-13-19-16(2)18)12-14-20-21(6,7)17(3,4)5/h8,10H,1,12-14H2,2-7H3/b10-8-. The summed E-state index contributed by atoms with van der Waals surface area (Å²) in [7, 11) is -1.68. The van der Waals surface area contributed by atoms with Gasteiger partial charge in [-0.25, -0.2) is 0 Å². The molecule has 0 aliphatic rings. The Morgan fingerprint density at radius 2 is 1.95 bits per heavy atom. The molecule has 0 heterocycles. The molecule has 0 spiro atoms. The van der Waals surface area contributed by atoms with Crippen LogP contribution in [-0.2, 0) is 14.0 Å². The molecule has 0 aliphatic heterocycles. The molecular formula is C17H28O3Si. The van der Waals surface area contributed by atoms with E-state index in [0.29, 0.717) is 6.61 Å². The van der Waals surface area contributed by atoms with Gasteiger partial charge in [0, 0.05) is 20.0 Å². The summed E-state index contributed by atoms with van der Waals surface area (Å²) in [5, 5.41) is 0.222. The van der Waals surface area contributed by atoms with Crippen LogP contribution in [0.25, 0.3) is 0 Å². The van der Waals surface area contributed by atoms with Gasteiger partial charge in [-0.15, -0.1) is 0 Å². The quantitative estimate of drug-likeness (QED) is 0.421. The lowest BCUT2D eigenvalue weighted by Crippen LogP contribution is -2.41. The van der Waals surface area contributed by atoms with Crippen LogP contribution < -0.4 is 0 Å². The van der Waals surface area contributed by atoms with E-state index >= 15 is 0 Å². The third-order valence-electron chi connectivity index (χ3n) is 3.51. The van der Waals surface area contributed by atoms with E-state index in [1.807, 2.05) is 0 Å². The van der Waals surface area contributed by atoms with E-state index in [1.165, 1.54) is 6.92 Å². The van der Waals surface area contributed by atoms with Gasteiger partial charge in [-0.1, -0.05) is 39.2 Å². The Morgan fingerprint density at radius 3 is 2.48 bits per heavy atom. The van der Waals surface area contributed by atoms with Crippen LogP contribution in [0.5, 0.6) is 0 Å². The number of carbonyl (C=O) groups excluding carboxylic acids is 1. The lowest BCUT2D eigenvalue weighted by molar-refractivity contribution is -0.139. The smallest absolute Gasteiger partial charge is 0.302 e. The molecule has 0 saturated heterocycles. The maximum absolute atomic E-state index is 10.5. The predicted molar refractivity (Wildman–Crippen MR) is 90.5 cm³/mol. The number of allylic oxidation sites excluding steroid dienone is 1. The third-order valence-corrected chi connectivity index (χ3v) is 8.04. The second-order valence-corrected chi connectivity index (χ2v) is 11.2. The van der Waals surface area contributed by atoms with Crippen molar-refractivity contribution in [1.29, 1.82) is 0 Å². The summed E-state index contributed by atoms with van der Waals surface area (Å²) in [6.45, 7) is 17.4. The molecule has 0 aromatic carbocycles. The predicted octanol–water partition coefficient (Wildman–Crippen LogP) is 4.08. The minimum atomic E-state index is -1.68. The number of carbonyl (C=O) groups is 1. The number of ether oxygens (including phenoxy) is 1. The van der Waals surface area contributed by atoms with Crippen molar-refractivity contribution in [2.75, 3.05) is 13.2 Å². The van der Waals surface area contributed by atoms with E-state index < -0.39 is 8.32 Å². The molecule has 0 saturated carbocycles. The fourth-order valence-corrected chi connectivity index (χ4v) is 2.17. The van der Waals surface area contributed by atoms with Crippen LogP contribution in [0.4, 0.5) is 0 Å². The molecule has 4 heteroatoms. The Hall–Kier alpha value is -1.31. The van der Waals surface area contributed by atoms with Gasteiger partial charge in [0.1, 0.15) is 6.61 Å². The zero-order valence-electron chi connectivity index (χ0n) is 14.2. The maximum Gasteiger partial charge on any atom is 0.302 e. The van der Waals surface area contributed by atoms with E-state index in [-0.39, 0.29) is 17.6 Å². The van der Waals surface area contributed by atoms with Gasteiger partial charge in [-0.2, -0.15) is 0 Å². The molecule has 0 aromatic heterocycles. The fourth-order valence-electron chi connectivity index (χ4n) is 1.12. The molecule has 0 bridgehead atoms. The second-order valence-electron chi connectivity index (χ2n) is 6.44. The van der Waals surface area contributed by atoms with Crippen LogP contribution in [0.1, 0.15) is 34.1 Å². The van der Waals surface area contributed by atoms with Gasteiger partial charge in [0.2, 0.25) is 0 Å². The minimum absolute atomic E-state index is 0.222. The molecule has 0 fully saturated rings. The zero-order chi connectivity index (χ0) is 16.5. The Morgan fingerprint density at radius 1 is 1.33 bits per heavy atom. The van der Waals surface area contributed by atoms with Crippen molar-refractivity contribution >= 4 is 14.3 Å². The molecule has 3 nitrogen and oxygen atoms in total. The molecule has 0 aromatic rings. The molecule has 0 unspecified atom stereocenters. The highest BCUT2D eigenvalue weighted by Gasteiger charge is 2.36. The zero-order valence-corrected chi connectivity index (χ0v) is 15.2. The number of hydrogen-bond acceptors (Lipinski definition) is 3. The molecule has 0 N–H and O–H groups in total. The Balaban J connectivity index is 4.05. The first-order valence-electron chi connectivity index (χ1n) is 7.18. The summed E-state index contributed by atoms with van der Waals surface area (Å²) in [6, 6.07) is 0. The highest BCUT2D eigenvalue weighted by atomic mass is 28.4. The van der Waals surface area contributed by atoms with E-state index in [9.17, 15) is 4.79 Å². The lowest BCUT2D eigenvalue weighted by Gasteiger charge is -2.36. The fraction of sp³-hybridized carbons (Fsp3) is 0.588. The highest BCUT2D eigenvalue weighted by molar-refractivity contribution is 6.74. The summed E-state index contributed by atoms with van der Waals surface area (Å²) in [5.74, 6) is 5.54. The van der Waals surface area contributed by atoms with Crippen molar-refractivity contribution in [2.45, 2.75) is 52.2 Å². The van der Waals surface area contributed by atoms with Gasteiger partial charge < -0.3 is 9.16 Å². The van der Waals surface area contributed by atoms with E-state index in [4.69, 9.17) is 9.16 Å². The van der Waals surface area contributed by atoms with Gasteiger partial charge in [0.25, 0.3) is 0 Å². The monoisotopic (exact) mass is 308 g/mol. The summed E-state index contributed by atoms with van der Waals surface area (Å²) in [5.41, 5.74) is 0.853. The molecule has 0 radical (unpaired) electrons. The van der Waals surface area contributed by atoms with Crippen molar-refractivity contribution in [2.24, 2.45) is 0 Å². The summed E-state index contributed by atoms with van der Waals surface area (Å²) < 4.78 is 10.8. The summed E-state index contributed by atoms with van der Waals surface area (Å²) in [6.07, 6.45) is 4.12. The van der Waals surface area contributed by atoms with Crippen LogP contribution in [0, 0.1) is 11.8 Å². The van der Waals surface area contributed by atoms with Crippen molar-refractivity contribution in [1.82, 2.24) is 0 Å². The van der Waals surface area contributed by atoms with Gasteiger partial charge >= 0.3 is 5.97 Å². The SMILES string of the molecule is C=C(C#C/C=C\COC(C)=O)CCO[Si](C)(C)C(C)(C)C. The first-order chi connectivity index (χ1) is 9.56. The Labute approximate surface area is 130 Å². The minimum Gasteiger partial charge on any atom is -0.462 e. The molecular weight excluding hydrogens is 280 g/mol. The molecule has 0 rings (SSSR count). The van der Waals surface area contributed by atoms with Crippen LogP contribution in [-0.4, -0.2) is 27.5 Å². The molecule has 0 atom stereocenters. The second kappa shape index (κ2) is 8.86. The summed E-state index contributed by atoms with van der Waals surface area (Å²) >= 11 is 0. The van der Waals surface area contributed by atoms with Crippen LogP contribution in [0.2, 0.25) is 18.1 Å². The first-order valence-corrected chi connectivity index (χ1v) is 10.1. The average Bonchev–Trinajstić information content (AvgIpc) is 2.31. The van der Waals surface area contributed by atoms with Crippen LogP contribution in [0.3, 0.4) is 0 Å². The van der Waals surface area contributed by atoms with Gasteiger partial charge in [0.15, 0.2) is 8.32 Å². The molecule has 0 aliphatic carbocycles. The molecule has 118 valence electrons. The van der Waals surface area contributed by atoms with Gasteiger partial charge in [-0.3, -0.25) is 4.79 Å². The number of hydrogen-bond donors (Lipinski definition) is 0. The normalized spacial score (nSPS) is 11.9. The topological polar surface area (TPSA) is 35.5 Å². The van der Waals surface area contributed by atoms with Crippen LogP contribution >= 0.6 is 0 Å². The van der Waals surface area contributed by atoms with Gasteiger partial charge in [0.05, 0.1) is 0 Å². The van der Waals surface area contributed by atoms with E-state index in [0.717, 1.165) is 12.0 Å². The van der Waals surface area contributed by atoms with Crippen molar-refractivity contribution in [3.8, 4) is 11.8 Å². The number of rotatable bonds is 6. The highest BCUT2D eigenvalue weighted by Crippen LogP contribution is 2.36. The largest absolute Gasteiger partial charge is 0.462 e. The average molecular weight is 308 g/mol. The molecule has 21 heavy (non-hydrogen) atoms. The lowest BCUT2D eigenvalue weighted by atomic mass is 10.2.